The Morgan fingerprint density at radius 3 is 2.55 bits per heavy atom. The highest BCUT2D eigenvalue weighted by molar-refractivity contribution is 5.69. The minimum Gasteiger partial charge on any atom is -0.497 e. The summed E-state index contributed by atoms with van der Waals surface area (Å²) in [6.07, 6.45) is 6.06. The zero-order valence-corrected chi connectivity index (χ0v) is 17.1. The number of ether oxygens (including phenoxy) is 2. The summed E-state index contributed by atoms with van der Waals surface area (Å²) in [5, 5.41) is 4.77. The molecule has 2 heterocycles. The zero-order valence-electron chi connectivity index (χ0n) is 17.1. The Morgan fingerprint density at radius 2 is 1.76 bits per heavy atom. The topological polar surface area (TPSA) is 39.5 Å². The monoisotopic (exact) mass is 391 g/mol. The molecule has 4 rings (SSSR count). The highest BCUT2D eigenvalue weighted by atomic mass is 16.5. The molecule has 0 saturated carbocycles. The third-order valence-corrected chi connectivity index (χ3v) is 5.42. The molecule has 0 radical (unpaired) electrons. The number of benzene rings is 2. The van der Waals surface area contributed by atoms with Gasteiger partial charge < -0.3 is 14.4 Å². The van der Waals surface area contributed by atoms with Gasteiger partial charge in [0.05, 0.1) is 19.2 Å². The fourth-order valence-corrected chi connectivity index (χ4v) is 3.77. The van der Waals surface area contributed by atoms with Crippen LogP contribution < -0.4 is 9.47 Å². The maximum absolute atomic E-state index is 6.14. The van der Waals surface area contributed by atoms with Crippen LogP contribution in [0.5, 0.6) is 11.6 Å². The Morgan fingerprint density at radius 1 is 0.931 bits per heavy atom. The Hall–Kier alpha value is -2.79. The van der Waals surface area contributed by atoms with Crippen molar-refractivity contribution < 1.29 is 9.47 Å². The molecule has 2 aromatic carbocycles. The number of hydrogen-bond acceptors (Lipinski definition) is 4. The summed E-state index contributed by atoms with van der Waals surface area (Å²) in [6.45, 7) is 4.78. The first kappa shape index (κ1) is 19.5. The molecule has 29 heavy (non-hydrogen) atoms. The highest BCUT2D eigenvalue weighted by Gasteiger charge is 2.15. The van der Waals surface area contributed by atoms with Crippen molar-refractivity contribution in [3.63, 3.8) is 0 Å². The second kappa shape index (κ2) is 9.61. The molecule has 1 aliphatic heterocycles. The SMILES string of the molecule is COc1cccc(-c2cn(CCN3CCCCC3)nc2OCc2ccccc2)c1. The molecule has 152 valence electrons. The lowest BCUT2D eigenvalue weighted by Crippen LogP contribution is -2.32. The molecule has 1 aliphatic rings. The van der Waals surface area contributed by atoms with Crippen molar-refractivity contribution in [2.24, 2.45) is 0 Å². The van der Waals surface area contributed by atoms with Crippen LogP contribution in [0.1, 0.15) is 24.8 Å². The summed E-state index contributed by atoms with van der Waals surface area (Å²) in [7, 11) is 1.69. The van der Waals surface area contributed by atoms with Crippen molar-refractivity contribution >= 4 is 0 Å². The van der Waals surface area contributed by atoms with Crippen molar-refractivity contribution in [3.8, 4) is 22.8 Å². The van der Waals surface area contributed by atoms with E-state index in [1.807, 2.05) is 41.1 Å². The molecule has 0 aliphatic carbocycles. The fourth-order valence-electron chi connectivity index (χ4n) is 3.77. The molecular formula is C24H29N3O2. The van der Waals surface area contributed by atoms with E-state index in [1.165, 1.54) is 32.4 Å². The van der Waals surface area contributed by atoms with E-state index in [9.17, 15) is 0 Å². The van der Waals surface area contributed by atoms with E-state index in [-0.39, 0.29) is 0 Å². The number of likely N-dealkylation sites (tertiary alicyclic amines) is 1. The van der Waals surface area contributed by atoms with Crippen molar-refractivity contribution in [2.45, 2.75) is 32.4 Å². The van der Waals surface area contributed by atoms with Crippen molar-refractivity contribution in [2.75, 3.05) is 26.7 Å². The van der Waals surface area contributed by atoms with Crippen LogP contribution in [0.2, 0.25) is 0 Å². The number of rotatable bonds is 8. The van der Waals surface area contributed by atoms with Crippen LogP contribution in [0, 0.1) is 0 Å². The standard InChI is InChI=1S/C24H29N3O2/c1-28-22-12-8-11-21(17-22)23-18-27(16-15-26-13-6-3-7-14-26)25-24(23)29-19-20-9-4-2-5-10-20/h2,4-5,8-12,17-18H,3,6-7,13-16,19H2,1H3. The second-order valence-electron chi connectivity index (χ2n) is 7.52. The molecule has 0 atom stereocenters. The van der Waals surface area contributed by atoms with Crippen LogP contribution in [0.25, 0.3) is 11.1 Å². The van der Waals surface area contributed by atoms with Gasteiger partial charge in [-0.15, -0.1) is 5.10 Å². The lowest BCUT2D eigenvalue weighted by Gasteiger charge is -2.26. The van der Waals surface area contributed by atoms with E-state index in [4.69, 9.17) is 14.6 Å². The molecule has 1 aromatic heterocycles. The summed E-state index contributed by atoms with van der Waals surface area (Å²) in [5.41, 5.74) is 3.18. The van der Waals surface area contributed by atoms with Gasteiger partial charge >= 0.3 is 0 Å². The van der Waals surface area contributed by atoms with E-state index in [0.717, 1.165) is 35.5 Å². The average molecular weight is 392 g/mol. The summed E-state index contributed by atoms with van der Waals surface area (Å²) < 4.78 is 13.6. The van der Waals surface area contributed by atoms with Crippen LogP contribution in [-0.4, -0.2) is 41.4 Å². The molecular weight excluding hydrogens is 362 g/mol. The van der Waals surface area contributed by atoms with Crippen molar-refractivity contribution in [3.05, 3.63) is 66.4 Å². The summed E-state index contributed by atoms with van der Waals surface area (Å²) in [4.78, 5) is 2.53. The first-order valence-electron chi connectivity index (χ1n) is 10.4. The zero-order chi connectivity index (χ0) is 19.9. The number of nitrogens with zero attached hydrogens (tertiary/aromatic N) is 3. The summed E-state index contributed by atoms with van der Waals surface area (Å²) in [6, 6.07) is 18.3. The number of hydrogen-bond donors (Lipinski definition) is 0. The maximum Gasteiger partial charge on any atom is 0.241 e. The molecule has 0 unspecified atom stereocenters. The highest BCUT2D eigenvalue weighted by Crippen LogP contribution is 2.31. The summed E-state index contributed by atoms with van der Waals surface area (Å²) >= 11 is 0. The Balaban J connectivity index is 1.53. The first-order valence-corrected chi connectivity index (χ1v) is 10.4. The van der Waals surface area contributed by atoms with E-state index < -0.39 is 0 Å². The van der Waals surface area contributed by atoms with Crippen LogP contribution in [0.4, 0.5) is 0 Å². The average Bonchev–Trinajstić information content (AvgIpc) is 3.21. The van der Waals surface area contributed by atoms with Gasteiger partial charge in [-0.3, -0.25) is 4.68 Å². The third-order valence-electron chi connectivity index (χ3n) is 5.42. The summed E-state index contributed by atoms with van der Waals surface area (Å²) in [5.74, 6) is 1.50. The smallest absolute Gasteiger partial charge is 0.241 e. The minimum absolute atomic E-state index is 0.501. The molecule has 0 amide bonds. The van der Waals surface area contributed by atoms with Crippen LogP contribution in [-0.2, 0) is 13.2 Å². The predicted octanol–water partition coefficient (Wildman–Crippen LogP) is 4.62. The van der Waals surface area contributed by atoms with Crippen LogP contribution in [0.15, 0.2) is 60.8 Å². The van der Waals surface area contributed by atoms with Gasteiger partial charge in [0.2, 0.25) is 5.88 Å². The molecule has 5 heteroatoms. The lowest BCUT2D eigenvalue weighted by atomic mass is 10.1. The second-order valence-corrected chi connectivity index (χ2v) is 7.52. The van der Waals surface area contributed by atoms with E-state index in [0.29, 0.717) is 12.5 Å². The molecule has 3 aromatic rings. The molecule has 0 N–H and O–H groups in total. The lowest BCUT2D eigenvalue weighted by molar-refractivity contribution is 0.216. The molecule has 0 bridgehead atoms. The van der Waals surface area contributed by atoms with Crippen LogP contribution in [0.3, 0.4) is 0 Å². The minimum atomic E-state index is 0.501. The van der Waals surface area contributed by atoms with Gasteiger partial charge in [-0.1, -0.05) is 48.9 Å². The Kier molecular flexibility index (Phi) is 6.47. The quantitative estimate of drug-likeness (QED) is 0.562. The van der Waals surface area contributed by atoms with Gasteiger partial charge in [-0.25, -0.2) is 0 Å². The molecule has 1 fully saturated rings. The fraction of sp³-hybridized carbons (Fsp3) is 0.375. The Bertz CT molecular complexity index is 901. The van der Waals surface area contributed by atoms with Gasteiger partial charge in [0.1, 0.15) is 12.4 Å². The van der Waals surface area contributed by atoms with Gasteiger partial charge in [0, 0.05) is 12.7 Å². The van der Waals surface area contributed by atoms with Gasteiger partial charge in [-0.2, -0.15) is 0 Å². The number of methoxy groups -OCH3 is 1. The van der Waals surface area contributed by atoms with Crippen molar-refractivity contribution in [1.29, 1.82) is 0 Å². The third kappa shape index (κ3) is 5.18. The van der Waals surface area contributed by atoms with E-state index in [1.54, 1.807) is 7.11 Å². The molecule has 5 nitrogen and oxygen atoms in total. The predicted molar refractivity (Wildman–Crippen MR) is 115 cm³/mol. The van der Waals surface area contributed by atoms with Gasteiger partial charge in [0.15, 0.2) is 0 Å². The number of aromatic nitrogens is 2. The first-order chi connectivity index (χ1) is 14.3. The van der Waals surface area contributed by atoms with E-state index >= 15 is 0 Å². The molecule has 0 spiro atoms. The van der Waals surface area contributed by atoms with Crippen LogP contribution >= 0.6 is 0 Å². The maximum atomic E-state index is 6.14. The Labute approximate surface area is 172 Å². The molecule has 1 saturated heterocycles. The number of piperidine rings is 1. The normalized spacial score (nSPS) is 14.7. The van der Waals surface area contributed by atoms with Gasteiger partial charge in [-0.05, 0) is 49.2 Å². The van der Waals surface area contributed by atoms with Gasteiger partial charge in [0.25, 0.3) is 0 Å². The largest absolute Gasteiger partial charge is 0.497 e. The van der Waals surface area contributed by atoms with E-state index in [2.05, 4.69) is 29.3 Å². The van der Waals surface area contributed by atoms with Crippen molar-refractivity contribution in [1.82, 2.24) is 14.7 Å².